The molecular weight excluding hydrogens is 417 g/mol. The van der Waals surface area contributed by atoms with E-state index in [4.69, 9.17) is 39.5 Å². The number of carbonyl (C=O) groups excluding carboxylic acids is 1. The number of carbonyl (C=O) groups is 1. The van der Waals surface area contributed by atoms with Gasteiger partial charge in [-0.2, -0.15) is 0 Å². The molecule has 1 atom stereocenters. The molecule has 1 unspecified atom stereocenters. The largest absolute Gasteiger partial charge is 0.495 e. The normalized spacial score (nSPS) is 12.1. The van der Waals surface area contributed by atoms with Gasteiger partial charge in [-0.3, -0.25) is 14.9 Å². The van der Waals surface area contributed by atoms with Crippen molar-refractivity contribution in [3.63, 3.8) is 0 Å². The van der Waals surface area contributed by atoms with Crippen molar-refractivity contribution in [1.82, 2.24) is 5.32 Å². The van der Waals surface area contributed by atoms with E-state index in [1.165, 1.54) is 25.3 Å². The van der Waals surface area contributed by atoms with Crippen molar-refractivity contribution in [2.24, 2.45) is 0 Å². The molecule has 0 aromatic heterocycles. The SMILES string of the molecule is COc1ccc([N+](=O)[O-])cc1NC(NC(=O)Cc1ccccc1)C(Cl)(Cl)Cl. The number of rotatable bonds is 7. The molecule has 0 bridgehead atoms. The minimum absolute atomic E-state index is 0.0752. The van der Waals surface area contributed by atoms with Crippen molar-refractivity contribution in [2.45, 2.75) is 16.4 Å². The molecule has 0 aliphatic carbocycles. The van der Waals surface area contributed by atoms with Crippen LogP contribution < -0.4 is 15.4 Å². The van der Waals surface area contributed by atoms with Crippen molar-refractivity contribution >= 4 is 52.1 Å². The number of alkyl halides is 3. The number of nitro groups is 1. The van der Waals surface area contributed by atoms with Gasteiger partial charge in [0.2, 0.25) is 9.70 Å². The number of halogens is 3. The van der Waals surface area contributed by atoms with Crippen LogP contribution in [-0.4, -0.2) is 27.9 Å². The minimum atomic E-state index is -1.93. The molecule has 0 aliphatic heterocycles. The van der Waals surface area contributed by atoms with E-state index in [1.54, 1.807) is 24.3 Å². The van der Waals surface area contributed by atoms with Crippen molar-refractivity contribution < 1.29 is 14.5 Å². The maximum Gasteiger partial charge on any atom is 0.271 e. The van der Waals surface area contributed by atoms with Gasteiger partial charge in [-0.15, -0.1) is 0 Å². The lowest BCUT2D eigenvalue weighted by molar-refractivity contribution is -0.384. The lowest BCUT2D eigenvalue weighted by Gasteiger charge is -2.28. The van der Waals surface area contributed by atoms with Crippen LogP contribution in [0, 0.1) is 10.1 Å². The molecule has 2 N–H and O–H groups in total. The zero-order chi connectivity index (χ0) is 20.0. The van der Waals surface area contributed by atoms with Crippen molar-refractivity contribution in [2.75, 3.05) is 12.4 Å². The van der Waals surface area contributed by atoms with E-state index < -0.39 is 20.8 Å². The zero-order valence-electron chi connectivity index (χ0n) is 14.1. The summed E-state index contributed by atoms with van der Waals surface area (Å²) in [5.74, 6) is -0.105. The number of nitrogens with zero attached hydrogens (tertiary/aromatic N) is 1. The summed E-state index contributed by atoms with van der Waals surface area (Å²) in [6.45, 7) is 0. The molecule has 144 valence electrons. The third-order valence-corrected chi connectivity index (χ3v) is 4.19. The number of nitrogens with one attached hydrogen (secondary N) is 2. The molecule has 0 saturated carbocycles. The highest BCUT2D eigenvalue weighted by atomic mass is 35.6. The second kappa shape index (κ2) is 9.12. The van der Waals surface area contributed by atoms with Crippen LogP contribution in [0.25, 0.3) is 0 Å². The summed E-state index contributed by atoms with van der Waals surface area (Å²) in [4.78, 5) is 22.8. The number of benzene rings is 2. The van der Waals surface area contributed by atoms with Crippen LogP contribution in [-0.2, 0) is 11.2 Å². The Morgan fingerprint density at radius 3 is 2.44 bits per heavy atom. The van der Waals surface area contributed by atoms with Gasteiger partial charge < -0.3 is 15.4 Å². The zero-order valence-corrected chi connectivity index (χ0v) is 16.4. The molecule has 2 rings (SSSR count). The van der Waals surface area contributed by atoms with Crippen molar-refractivity contribution in [1.29, 1.82) is 0 Å². The fourth-order valence-corrected chi connectivity index (χ4v) is 2.60. The third-order valence-electron chi connectivity index (χ3n) is 3.53. The number of nitro benzene ring substituents is 1. The van der Waals surface area contributed by atoms with Crippen LogP contribution in [0.4, 0.5) is 11.4 Å². The maximum absolute atomic E-state index is 12.3. The summed E-state index contributed by atoms with van der Waals surface area (Å²) in [6, 6.07) is 12.9. The monoisotopic (exact) mass is 431 g/mol. The predicted molar refractivity (Wildman–Crippen MR) is 106 cm³/mol. The number of ether oxygens (including phenoxy) is 1. The number of methoxy groups -OCH3 is 1. The molecule has 0 radical (unpaired) electrons. The van der Waals surface area contributed by atoms with Crippen LogP contribution >= 0.6 is 34.8 Å². The summed E-state index contributed by atoms with van der Waals surface area (Å²) in [7, 11) is 1.39. The molecule has 0 aliphatic rings. The Kier molecular flexibility index (Phi) is 7.12. The Labute approximate surface area is 170 Å². The number of anilines is 1. The first kappa shape index (κ1) is 21.1. The predicted octanol–water partition coefficient (Wildman–Crippen LogP) is 4.07. The standard InChI is InChI=1S/C17H16Cl3N3O4/c1-27-14-8-7-12(23(25)26)10-13(14)21-16(17(18,19)20)22-15(24)9-11-5-3-2-4-6-11/h2-8,10,16,21H,9H2,1H3,(H,22,24). The lowest BCUT2D eigenvalue weighted by atomic mass is 10.1. The molecular formula is C17H16Cl3N3O4. The van der Waals surface area contributed by atoms with Gasteiger partial charge in [-0.25, -0.2) is 0 Å². The van der Waals surface area contributed by atoms with E-state index in [0.717, 1.165) is 5.56 Å². The second-order valence-electron chi connectivity index (χ2n) is 5.49. The number of hydrogen-bond acceptors (Lipinski definition) is 5. The van der Waals surface area contributed by atoms with Gasteiger partial charge in [0.05, 0.1) is 24.1 Å². The Morgan fingerprint density at radius 2 is 1.89 bits per heavy atom. The number of hydrogen-bond donors (Lipinski definition) is 2. The Balaban J connectivity index is 2.21. The Hall–Kier alpha value is -2.22. The Bertz CT molecular complexity index is 813. The highest BCUT2D eigenvalue weighted by Gasteiger charge is 2.35. The van der Waals surface area contributed by atoms with Gasteiger partial charge in [-0.1, -0.05) is 65.1 Å². The number of amides is 1. The van der Waals surface area contributed by atoms with E-state index in [1.807, 2.05) is 6.07 Å². The topological polar surface area (TPSA) is 93.5 Å². The summed E-state index contributed by atoms with van der Waals surface area (Å²) in [5.41, 5.74) is 0.797. The first-order valence-electron chi connectivity index (χ1n) is 7.69. The molecule has 0 heterocycles. The molecule has 2 aromatic rings. The van der Waals surface area contributed by atoms with E-state index >= 15 is 0 Å². The van der Waals surface area contributed by atoms with Crippen molar-refractivity contribution in [3.8, 4) is 5.75 Å². The van der Waals surface area contributed by atoms with Gasteiger partial charge >= 0.3 is 0 Å². The highest BCUT2D eigenvalue weighted by molar-refractivity contribution is 6.68. The summed E-state index contributed by atoms with van der Waals surface area (Å²) in [6.07, 6.45) is -1.08. The van der Waals surface area contributed by atoms with E-state index in [-0.39, 0.29) is 23.5 Å². The molecule has 2 aromatic carbocycles. The van der Waals surface area contributed by atoms with Crippen LogP contribution in [0.5, 0.6) is 5.75 Å². The minimum Gasteiger partial charge on any atom is -0.495 e. The smallest absolute Gasteiger partial charge is 0.271 e. The first-order chi connectivity index (χ1) is 12.7. The molecule has 1 amide bonds. The fourth-order valence-electron chi connectivity index (χ4n) is 2.27. The van der Waals surface area contributed by atoms with Crippen LogP contribution in [0.15, 0.2) is 48.5 Å². The fraction of sp³-hybridized carbons (Fsp3) is 0.235. The summed E-state index contributed by atoms with van der Waals surface area (Å²) in [5, 5.41) is 16.4. The Morgan fingerprint density at radius 1 is 1.22 bits per heavy atom. The first-order valence-corrected chi connectivity index (χ1v) is 8.83. The van der Waals surface area contributed by atoms with Crippen LogP contribution in [0.3, 0.4) is 0 Å². The van der Waals surface area contributed by atoms with Gasteiger partial charge in [0.25, 0.3) is 5.69 Å². The average molecular weight is 433 g/mol. The van der Waals surface area contributed by atoms with E-state index in [9.17, 15) is 14.9 Å². The average Bonchev–Trinajstić information content (AvgIpc) is 2.61. The second-order valence-corrected chi connectivity index (χ2v) is 7.86. The molecule has 0 spiro atoms. The van der Waals surface area contributed by atoms with E-state index in [2.05, 4.69) is 10.6 Å². The highest BCUT2D eigenvalue weighted by Crippen LogP contribution is 2.35. The van der Waals surface area contributed by atoms with Gasteiger partial charge in [-0.05, 0) is 11.6 Å². The summed E-state index contributed by atoms with van der Waals surface area (Å²) >= 11 is 17.9. The van der Waals surface area contributed by atoms with Crippen LogP contribution in [0.2, 0.25) is 0 Å². The lowest BCUT2D eigenvalue weighted by Crippen LogP contribution is -2.49. The van der Waals surface area contributed by atoms with Crippen LogP contribution in [0.1, 0.15) is 5.56 Å². The maximum atomic E-state index is 12.3. The van der Waals surface area contributed by atoms with Gasteiger partial charge in [0.15, 0.2) is 0 Å². The van der Waals surface area contributed by atoms with Gasteiger partial charge in [0.1, 0.15) is 11.9 Å². The molecule has 0 fully saturated rings. The molecule has 27 heavy (non-hydrogen) atoms. The van der Waals surface area contributed by atoms with Crippen molar-refractivity contribution in [3.05, 3.63) is 64.2 Å². The third kappa shape index (κ3) is 6.16. The van der Waals surface area contributed by atoms with Gasteiger partial charge in [0, 0.05) is 12.1 Å². The quantitative estimate of drug-likeness (QED) is 0.298. The molecule has 7 nitrogen and oxygen atoms in total. The van der Waals surface area contributed by atoms with E-state index in [0.29, 0.717) is 0 Å². The molecule has 0 saturated heterocycles. The molecule has 10 heteroatoms. The number of non-ortho nitro benzene ring substituents is 1. The summed E-state index contributed by atoms with van der Waals surface area (Å²) < 4.78 is 3.24.